The van der Waals surface area contributed by atoms with Crippen molar-refractivity contribution in [1.82, 2.24) is 0 Å². The third-order valence-corrected chi connectivity index (χ3v) is 2.28. The highest BCUT2D eigenvalue weighted by molar-refractivity contribution is 5.74. The number of rotatable bonds is 4. The Morgan fingerprint density at radius 2 is 2.19 bits per heavy atom. The van der Waals surface area contributed by atoms with E-state index in [2.05, 4.69) is 0 Å². The monoisotopic (exact) mass is 223 g/mol. The van der Waals surface area contributed by atoms with Crippen molar-refractivity contribution in [2.45, 2.75) is 19.4 Å². The Balaban J connectivity index is 3.02. The summed E-state index contributed by atoms with van der Waals surface area (Å²) in [6.45, 7) is 1.64. The Morgan fingerprint density at radius 1 is 1.56 bits per heavy atom. The minimum absolute atomic E-state index is 0.00239. The van der Waals surface area contributed by atoms with Crippen molar-refractivity contribution in [3.05, 3.63) is 39.4 Å². The van der Waals surface area contributed by atoms with Crippen molar-refractivity contribution in [3.63, 3.8) is 0 Å². The van der Waals surface area contributed by atoms with Gasteiger partial charge >= 0.3 is 0 Å². The average molecular weight is 223 g/mol. The van der Waals surface area contributed by atoms with E-state index in [0.717, 1.165) is 0 Å². The maximum atomic E-state index is 10.7. The quantitative estimate of drug-likeness (QED) is 0.580. The summed E-state index contributed by atoms with van der Waals surface area (Å²) in [7, 11) is 0. The van der Waals surface area contributed by atoms with E-state index in [0.29, 0.717) is 11.1 Å². The fourth-order valence-corrected chi connectivity index (χ4v) is 1.39. The van der Waals surface area contributed by atoms with E-state index in [1.54, 1.807) is 19.1 Å². The van der Waals surface area contributed by atoms with Crippen LogP contribution >= 0.6 is 0 Å². The van der Waals surface area contributed by atoms with Gasteiger partial charge in [0.05, 0.1) is 4.92 Å². The van der Waals surface area contributed by atoms with Crippen molar-refractivity contribution in [3.8, 4) is 0 Å². The Morgan fingerprint density at radius 3 is 2.69 bits per heavy atom. The first-order valence-electron chi connectivity index (χ1n) is 4.70. The molecule has 0 aliphatic rings. The van der Waals surface area contributed by atoms with E-state index in [1.807, 2.05) is 0 Å². The van der Waals surface area contributed by atoms with Gasteiger partial charge in [0, 0.05) is 24.1 Å². The van der Waals surface area contributed by atoms with Crippen LogP contribution in [0.15, 0.2) is 18.2 Å². The summed E-state index contributed by atoms with van der Waals surface area (Å²) in [5, 5.41) is 10.7. The zero-order valence-electron chi connectivity index (χ0n) is 8.84. The maximum absolute atomic E-state index is 10.7. The van der Waals surface area contributed by atoms with Crippen molar-refractivity contribution >= 4 is 11.6 Å². The second-order valence-corrected chi connectivity index (χ2v) is 3.58. The zero-order chi connectivity index (χ0) is 12.3. The number of hydrogen-bond acceptors (Lipinski definition) is 4. The van der Waals surface area contributed by atoms with Gasteiger partial charge in [0.1, 0.15) is 0 Å². The van der Waals surface area contributed by atoms with Gasteiger partial charge in [0.25, 0.3) is 5.69 Å². The van der Waals surface area contributed by atoms with E-state index in [1.165, 1.54) is 6.07 Å². The number of nitro groups is 1. The molecule has 1 amide bonds. The van der Waals surface area contributed by atoms with Crippen LogP contribution in [0.1, 0.15) is 23.6 Å². The highest BCUT2D eigenvalue weighted by Gasteiger charge is 2.15. The van der Waals surface area contributed by atoms with Crippen LogP contribution < -0.4 is 11.5 Å². The van der Waals surface area contributed by atoms with Crippen LogP contribution in [0, 0.1) is 17.0 Å². The Kier molecular flexibility index (Phi) is 3.57. The maximum Gasteiger partial charge on any atom is 0.272 e. The van der Waals surface area contributed by atoms with Crippen LogP contribution in [-0.4, -0.2) is 10.8 Å². The van der Waals surface area contributed by atoms with Crippen molar-refractivity contribution in [1.29, 1.82) is 0 Å². The molecule has 1 rings (SSSR count). The molecule has 86 valence electrons. The summed E-state index contributed by atoms with van der Waals surface area (Å²) in [5.74, 6) is -0.532. The molecule has 0 heterocycles. The van der Waals surface area contributed by atoms with Gasteiger partial charge in [-0.2, -0.15) is 0 Å². The van der Waals surface area contributed by atoms with E-state index < -0.39 is 16.9 Å². The first kappa shape index (κ1) is 12.1. The lowest BCUT2D eigenvalue weighted by Crippen LogP contribution is -2.20. The minimum atomic E-state index is -0.600. The number of nitrogens with zero attached hydrogens (tertiary/aromatic N) is 1. The van der Waals surface area contributed by atoms with E-state index >= 15 is 0 Å². The summed E-state index contributed by atoms with van der Waals surface area (Å²) in [6.07, 6.45) is -0.0276. The summed E-state index contributed by atoms with van der Waals surface area (Å²) >= 11 is 0. The molecule has 0 fully saturated rings. The fraction of sp³-hybridized carbons (Fsp3) is 0.300. The molecular formula is C10H13N3O3. The molecule has 1 aromatic carbocycles. The molecule has 1 aromatic rings. The lowest BCUT2D eigenvalue weighted by atomic mass is 10.0. The van der Waals surface area contributed by atoms with Gasteiger partial charge in [-0.3, -0.25) is 14.9 Å². The molecule has 6 heteroatoms. The molecule has 16 heavy (non-hydrogen) atoms. The summed E-state index contributed by atoms with van der Waals surface area (Å²) in [5.41, 5.74) is 11.8. The lowest BCUT2D eigenvalue weighted by Gasteiger charge is -2.10. The third kappa shape index (κ3) is 2.77. The molecule has 0 radical (unpaired) electrons. The highest BCUT2D eigenvalue weighted by atomic mass is 16.6. The molecule has 0 aliphatic heterocycles. The SMILES string of the molecule is Cc1ccc(C(N)CC(N)=O)cc1[N+](=O)[O-]. The van der Waals surface area contributed by atoms with Crippen LogP contribution in [0.5, 0.6) is 0 Å². The summed E-state index contributed by atoms with van der Waals surface area (Å²) < 4.78 is 0. The molecule has 0 spiro atoms. The highest BCUT2D eigenvalue weighted by Crippen LogP contribution is 2.23. The number of amides is 1. The van der Waals surface area contributed by atoms with Crippen LogP contribution in [0.3, 0.4) is 0 Å². The summed E-state index contributed by atoms with van der Waals surface area (Å²) in [4.78, 5) is 20.9. The third-order valence-electron chi connectivity index (χ3n) is 2.28. The largest absolute Gasteiger partial charge is 0.370 e. The molecule has 1 atom stereocenters. The Bertz CT molecular complexity index is 431. The number of nitrogens with two attached hydrogens (primary N) is 2. The van der Waals surface area contributed by atoms with E-state index in [9.17, 15) is 14.9 Å². The van der Waals surface area contributed by atoms with E-state index in [4.69, 9.17) is 11.5 Å². The van der Waals surface area contributed by atoms with Gasteiger partial charge in [0.15, 0.2) is 0 Å². The second-order valence-electron chi connectivity index (χ2n) is 3.58. The molecule has 6 nitrogen and oxygen atoms in total. The molecule has 1 unspecified atom stereocenters. The number of primary amides is 1. The number of hydrogen-bond donors (Lipinski definition) is 2. The van der Waals surface area contributed by atoms with Crippen LogP contribution in [0.2, 0.25) is 0 Å². The molecule has 0 aromatic heterocycles. The van der Waals surface area contributed by atoms with Crippen molar-refractivity contribution in [2.24, 2.45) is 11.5 Å². The second kappa shape index (κ2) is 4.71. The van der Waals surface area contributed by atoms with Gasteiger partial charge in [0.2, 0.25) is 5.91 Å². The van der Waals surface area contributed by atoms with Crippen LogP contribution in [-0.2, 0) is 4.79 Å². The number of benzene rings is 1. The topological polar surface area (TPSA) is 112 Å². The van der Waals surface area contributed by atoms with Crippen molar-refractivity contribution in [2.75, 3.05) is 0 Å². The molecular weight excluding hydrogens is 210 g/mol. The van der Waals surface area contributed by atoms with Gasteiger partial charge in [-0.25, -0.2) is 0 Å². The number of nitro benzene ring substituents is 1. The summed E-state index contributed by atoms with van der Waals surface area (Å²) in [6, 6.07) is 4.05. The number of carbonyl (C=O) groups is 1. The van der Waals surface area contributed by atoms with Gasteiger partial charge in [-0.1, -0.05) is 12.1 Å². The number of aryl methyl sites for hydroxylation is 1. The van der Waals surface area contributed by atoms with Crippen LogP contribution in [0.4, 0.5) is 5.69 Å². The minimum Gasteiger partial charge on any atom is -0.370 e. The molecule has 0 saturated carbocycles. The molecule has 4 N–H and O–H groups in total. The zero-order valence-corrected chi connectivity index (χ0v) is 8.84. The lowest BCUT2D eigenvalue weighted by molar-refractivity contribution is -0.385. The Hall–Kier alpha value is -1.95. The first-order chi connectivity index (χ1) is 7.41. The Labute approximate surface area is 92.4 Å². The van der Waals surface area contributed by atoms with Gasteiger partial charge in [-0.05, 0) is 12.5 Å². The predicted molar refractivity (Wildman–Crippen MR) is 58.6 cm³/mol. The van der Waals surface area contributed by atoms with Crippen molar-refractivity contribution < 1.29 is 9.72 Å². The molecule has 0 saturated heterocycles. The first-order valence-corrected chi connectivity index (χ1v) is 4.70. The predicted octanol–water partition coefficient (Wildman–Crippen LogP) is 0.778. The average Bonchev–Trinajstić information content (AvgIpc) is 2.16. The smallest absolute Gasteiger partial charge is 0.272 e. The standard InChI is InChI=1S/C10H13N3O3/c1-6-2-3-7(4-9(6)13(15)16)8(11)5-10(12)14/h2-4,8H,5,11H2,1H3,(H2,12,14). The fourth-order valence-electron chi connectivity index (χ4n) is 1.39. The van der Waals surface area contributed by atoms with Gasteiger partial charge < -0.3 is 11.5 Å². The molecule has 0 aliphatic carbocycles. The van der Waals surface area contributed by atoms with E-state index in [-0.39, 0.29) is 12.1 Å². The normalized spacial score (nSPS) is 12.1. The molecule has 0 bridgehead atoms. The number of carbonyl (C=O) groups excluding carboxylic acids is 1. The van der Waals surface area contributed by atoms with Crippen LogP contribution in [0.25, 0.3) is 0 Å². The van der Waals surface area contributed by atoms with Gasteiger partial charge in [-0.15, -0.1) is 0 Å².